The van der Waals surface area contributed by atoms with Crippen LogP contribution in [0.2, 0.25) is 0 Å². The molecule has 0 saturated heterocycles. The third kappa shape index (κ3) is 3.05. The first-order valence-electron chi connectivity index (χ1n) is 8.11. The molecule has 0 unspecified atom stereocenters. The predicted octanol–water partition coefficient (Wildman–Crippen LogP) is 1.50. The summed E-state index contributed by atoms with van der Waals surface area (Å²) in [5.41, 5.74) is 4.89. The number of fused-ring (bicyclic) bond motifs is 1. The van der Waals surface area contributed by atoms with Crippen molar-refractivity contribution in [2.45, 2.75) is 31.5 Å². The van der Waals surface area contributed by atoms with Crippen LogP contribution in [-0.2, 0) is 9.59 Å². The van der Waals surface area contributed by atoms with Gasteiger partial charge in [-0.15, -0.1) is 0 Å². The number of nitrogens with one attached hydrogen (secondary N) is 1. The minimum absolute atomic E-state index is 0.0322. The van der Waals surface area contributed by atoms with Gasteiger partial charge >= 0.3 is 5.97 Å². The molecule has 1 amide bonds. The molecule has 138 valence electrons. The zero-order valence-corrected chi connectivity index (χ0v) is 14.1. The van der Waals surface area contributed by atoms with Gasteiger partial charge in [0.2, 0.25) is 11.8 Å². The second-order valence-electron chi connectivity index (χ2n) is 6.34. The number of amides is 1. The molecule has 2 aromatic heterocycles. The van der Waals surface area contributed by atoms with Crippen LogP contribution in [-0.4, -0.2) is 46.3 Å². The lowest BCUT2D eigenvalue weighted by Crippen LogP contribution is -2.52. The molecule has 2 aromatic rings. The Kier molecular flexibility index (Phi) is 4.73. The summed E-state index contributed by atoms with van der Waals surface area (Å²) in [5, 5.41) is 12.2. The summed E-state index contributed by atoms with van der Waals surface area (Å²) < 4.78 is 19.1. The van der Waals surface area contributed by atoms with E-state index in [-0.39, 0.29) is 18.5 Å². The Morgan fingerprint density at radius 3 is 2.85 bits per heavy atom. The third-order valence-corrected chi connectivity index (χ3v) is 4.77. The quantitative estimate of drug-likeness (QED) is 0.703. The summed E-state index contributed by atoms with van der Waals surface area (Å²) in [5.74, 6) is -1.84. The first kappa shape index (κ1) is 18.0. The lowest BCUT2D eigenvalue weighted by molar-refractivity contribution is -0.158. The number of carbonyl (C=O) groups is 2. The van der Waals surface area contributed by atoms with Crippen LogP contribution in [0.1, 0.15) is 19.3 Å². The Hall–Kier alpha value is -2.81. The molecule has 2 heterocycles. The van der Waals surface area contributed by atoms with Crippen molar-refractivity contribution in [1.82, 2.24) is 9.97 Å². The number of anilines is 1. The highest BCUT2D eigenvalue weighted by Crippen LogP contribution is 2.39. The third-order valence-electron chi connectivity index (χ3n) is 4.77. The fourth-order valence-electron chi connectivity index (χ4n) is 3.14. The Balaban J connectivity index is 1.96. The highest BCUT2D eigenvalue weighted by Gasteiger charge is 2.51. The van der Waals surface area contributed by atoms with Gasteiger partial charge in [0.15, 0.2) is 0 Å². The van der Waals surface area contributed by atoms with Crippen LogP contribution in [0.3, 0.4) is 0 Å². The maximum absolute atomic E-state index is 14.1. The first-order valence-corrected chi connectivity index (χ1v) is 8.11. The molecule has 1 saturated carbocycles. The van der Waals surface area contributed by atoms with Gasteiger partial charge in [-0.25, -0.2) is 9.37 Å². The van der Waals surface area contributed by atoms with Gasteiger partial charge in [-0.3, -0.25) is 14.6 Å². The average molecular weight is 362 g/mol. The number of carboxylic acid groups (broad SMARTS) is 1. The number of carboxylic acids is 1. The van der Waals surface area contributed by atoms with E-state index in [2.05, 4.69) is 15.3 Å². The van der Waals surface area contributed by atoms with Crippen LogP contribution < -0.4 is 15.8 Å². The fraction of sp³-hybridized carbons (Fsp3) is 0.412. The molecule has 9 heteroatoms. The predicted molar refractivity (Wildman–Crippen MR) is 91.5 cm³/mol. The molecule has 26 heavy (non-hydrogen) atoms. The highest BCUT2D eigenvalue weighted by molar-refractivity contribution is 6.10. The number of carbonyl (C=O) groups excluding carboxylic acids is 1. The Labute approximate surface area is 148 Å². The molecular formula is C17H19FN4O4. The number of alkyl halides is 1. The summed E-state index contributed by atoms with van der Waals surface area (Å²) in [6, 6.07) is 4.03. The number of pyridine rings is 2. The molecule has 4 N–H and O–H groups in total. The molecule has 0 bridgehead atoms. The van der Waals surface area contributed by atoms with E-state index in [0.717, 1.165) is 0 Å². The Morgan fingerprint density at radius 2 is 2.19 bits per heavy atom. The van der Waals surface area contributed by atoms with Gasteiger partial charge < -0.3 is 20.9 Å². The van der Waals surface area contributed by atoms with Crippen LogP contribution >= 0.6 is 0 Å². The number of nitrogens with two attached hydrogens (primary N) is 1. The van der Waals surface area contributed by atoms with Crippen molar-refractivity contribution in [3.8, 4) is 5.88 Å². The zero-order valence-electron chi connectivity index (χ0n) is 14.1. The standard InChI is InChI=1S/C17H19FN4O4/c1-26-13-3-2-11-14(22-13)12(5-7-20-11)21-15(23)17(16(24)25)6-4-10(19)9(18)8-17/h2-3,5,7,9-10H,4,6,8,19H2,1H3,(H,24,25)(H,20,21,23)/t9-,10+,17+/m0/s1. The number of nitrogens with zero attached hydrogens (tertiary/aromatic N) is 2. The molecule has 1 fully saturated rings. The number of hydrogen-bond donors (Lipinski definition) is 3. The van der Waals surface area contributed by atoms with E-state index in [9.17, 15) is 19.1 Å². The van der Waals surface area contributed by atoms with Gasteiger partial charge in [0.25, 0.3) is 0 Å². The van der Waals surface area contributed by atoms with Crippen molar-refractivity contribution in [3.63, 3.8) is 0 Å². The summed E-state index contributed by atoms with van der Waals surface area (Å²) in [7, 11) is 1.45. The molecule has 8 nitrogen and oxygen atoms in total. The van der Waals surface area contributed by atoms with Crippen molar-refractivity contribution >= 4 is 28.6 Å². The SMILES string of the molecule is COc1ccc2nccc(NC(=O)[C@@]3(C(=O)O)CC[C@@H](N)[C@@H](F)C3)c2n1. The summed E-state index contributed by atoms with van der Waals surface area (Å²) in [6.45, 7) is 0. The summed E-state index contributed by atoms with van der Waals surface area (Å²) in [6.07, 6.45) is -0.471. The molecule has 0 spiro atoms. The molecule has 1 aliphatic carbocycles. The van der Waals surface area contributed by atoms with Gasteiger partial charge in [0.1, 0.15) is 17.1 Å². The minimum atomic E-state index is -1.87. The molecule has 0 aliphatic heterocycles. The van der Waals surface area contributed by atoms with E-state index < -0.39 is 35.9 Å². The van der Waals surface area contributed by atoms with Crippen LogP contribution in [0.4, 0.5) is 10.1 Å². The van der Waals surface area contributed by atoms with E-state index >= 15 is 0 Å². The number of hydrogen-bond acceptors (Lipinski definition) is 6. The number of methoxy groups -OCH3 is 1. The van der Waals surface area contributed by atoms with Gasteiger partial charge in [-0.2, -0.15) is 0 Å². The van der Waals surface area contributed by atoms with Crippen molar-refractivity contribution in [3.05, 3.63) is 24.4 Å². The smallest absolute Gasteiger partial charge is 0.319 e. The largest absolute Gasteiger partial charge is 0.481 e. The Bertz CT molecular complexity index is 862. The molecule has 3 rings (SSSR count). The van der Waals surface area contributed by atoms with Crippen molar-refractivity contribution in [2.24, 2.45) is 11.1 Å². The fourth-order valence-corrected chi connectivity index (χ4v) is 3.14. The maximum atomic E-state index is 14.1. The first-order chi connectivity index (χ1) is 12.4. The normalized spacial score (nSPS) is 25.7. The van der Waals surface area contributed by atoms with Gasteiger partial charge in [0, 0.05) is 24.7 Å². The maximum Gasteiger partial charge on any atom is 0.319 e. The van der Waals surface area contributed by atoms with Gasteiger partial charge in [-0.05, 0) is 25.0 Å². The van der Waals surface area contributed by atoms with E-state index in [1.807, 2.05) is 0 Å². The number of aromatic nitrogens is 2. The number of rotatable bonds is 4. The van der Waals surface area contributed by atoms with Crippen LogP contribution in [0, 0.1) is 5.41 Å². The topological polar surface area (TPSA) is 127 Å². The van der Waals surface area contributed by atoms with Gasteiger partial charge in [-0.1, -0.05) is 0 Å². The van der Waals surface area contributed by atoms with Crippen LogP contribution in [0.25, 0.3) is 11.0 Å². The summed E-state index contributed by atoms with van der Waals surface area (Å²) in [4.78, 5) is 33.0. The zero-order chi connectivity index (χ0) is 18.9. The number of aliphatic carboxylic acids is 1. The second-order valence-corrected chi connectivity index (χ2v) is 6.34. The second kappa shape index (κ2) is 6.83. The van der Waals surface area contributed by atoms with Crippen molar-refractivity contribution < 1.29 is 23.8 Å². The molecule has 3 atom stereocenters. The lowest BCUT2D eigenvalue weighted by atomic mass is 9.71. The Morgan fingerprint density at radius 1 is 1.42 bits per heavy atom. The minimum Gasteiger partial charge on any atom is -0.481 e. The van der Waals surface area contributed by atoms with Gasteiger partial charge in [0.05, 0.1) is 18.3 Å². The molecule has 0 radical (unpaired) electrons. The lowest BCUT2D eigenvalue weighted by Gasteiger charge is -2.36. The molecule has 1 aliphatic rings. The number of halogens is 1. The summed E-state index contributed by atoms with van der Waals surface area (Å²) >= 11 is 0. The highest BCUT2D eigenvalue weighted by atomic mass is 19.1. The monoisotopic (exact) mass is 362 g/mol. The van der Waals surface area contributed by atoms with E-state index in [1.165, 1.54) is 19.4 Å². The van der Waals surface area contributed by atoms with Crippen molar-refractivity contribution in [2.75, 3.05) is 12.4 Å². The number of ether oxygens (including phenoxy) is 1. The molecular weight excluding hydrogens is 343 g/mol. The van der Waals surface area contributed by atoms with Crippen LogP contribution in [0.5, 0.6) is 5.88 Å². The van der Waals surface area contributed by atoms with Crippen LogP contribution in [0.15, 0.2) is 24.4 Å². The van der Waals surface area contributed by atoms with E-state index in [1.54, 1.807) is 12.1 Å². The average Bonchev–Trinajstić information content (AvgIpc) is 2.63. The van der Waals surface area contributed by atoms with E-state index in [0.29, 0.717) is 16.9 Å². The van der Waals surface area contributed by atoms with Crippen molar-refractivity contribution in [1.29, 1.82) is 0 Å². The van der Waals surface area contributed by atoms with E-state index in [4.69, 9.17) is 10.5 Å². The molecule has 0 aromatic carbocycles.